The van der Waals surface area contributed by atoms with E-state index in [0.29, 0.717) is 5.56 Å². The molecule has 0 saturated carbocycles. The Kier molecular flexibility index (Phi) is 4.29. The summed E-state index contributed by atoms with van der Waals surface area (Å²) in [5, 5.41) is 4.15. The Labute approximate surface area is 201 Å². The third-order valence-electron chi connectivity index (χ3n) is 6.76. The quantitative estimate of drug-likeness (QED) is 0.332. The van der Waals surface area contributed by atoms with Crippen molar-refractivity contribution < 1.29 is 4.79 Å². The molecule has 0 radical (unpaired) electrons. The van der Waals surface area contributed by atoms with Gasteiger partial charge < -0.3 is 10.3 Å². The Bertz CT molecular complexity index is 1730. The smallest absolute Gasteiger partial charge is 0.252 e. The highest BCUT2D eigenvalue weighted by molar-refractivity contribution is 6.07. The molecule has 1 amide bonds. The van der Waals surface area contributed by atoms with Crippen molar-refractivity contribution in [2.45, 2.75) is 6.04 Å². The zero-order chi connectivity index (χ0) is 23.4. The van der Waals surface area contributed by atoms with Gasteiger partial charge in [0.1, 0.15) is 5.82 Å². The monoisotopic (exact) mass is 452 g/mol. The highest BCUT2D eigenvalue weighted by Crippen LogP contribution is 2.47. The number of amides is 1. The van der Waals surface area contributed by atoms with Crippen molar-refractivity contribution in [2.24, 2.45) is 0 Å². The lowest BCUT2D eigenvalue weighted by molar-refractivity contribution is 0.0945. The van der Waals surface area contributed by atoms with E-state index in [9.17, 15) is 4.79 Å². The first-order valence-electron chi connectivity index (χ1n) is 11.6. The van der Waals surface area contributed by atoms with E-state index in [0.717, 1.165) is 55.6 Å². The lowest BCUT2D eigenvalue weighted by atomic mass is 9.98. The van der Waals surface area contributed by atoms with Crippen LogP contribution in [0.15, 0.2) is 103 Å². The zero-order valence-electron chi connectivity index (χ0n) is 18.7. The molecule has 166 valence electrons. The number of nitrogens with one attached hydrogen (secondary N) is 2. The van der Waals surface area contributed by atoms with Crippen molar-refractivity contribution >= 4 is 27.8 Å². The lowest BCUT2D eigenvalue weighted by Crippen LogP contribution is -2.28. The number of nitrogens with zero attached hydrogens (tertiary/aromatic N) is 2. The molecule has 7 rings (SSSR count). The molecule has 6 aromatic rings. The summed E-state index contributed by atoms with van der Waals surface area (Å²) in [5.74, 6) is 0.704. The molecule has 2 N–H and O–H groups in total. The first-order valence-corrected chi connectivity index (χ1v) is 11.6. The van der Waals surface area contributed by atoms with Crippen LogP contribution in [0, 0.1) is 0 Å². The van der Waals surface area contributed by atoms with E-state index in [-0.39, 0.29) is 11.9 Å². The van der Waals surface area contributed by atoms with Crippen LogP contribution in [0.2, 0.25) is 0 Å². The van der Waals surface area contributed by atoms with Gasteiger partial charge in [0.15, 0.2) is 0 Å². The molecule has 1 aliphatic rings. The highest BCUT2D eigenvalue weighted by atomic mass is 16.1. The van der Waals surface area contributed by atoms with Gasteiger partial charge in [-0.2, -0.15) is 0 Å². The van der Waals surface area contributed by atoms with E-state index >= 15 is 0 Å². The van der Waals surface area contributed by atoms with Gasteiger partial charge in [-0.3, -0.25) is 9.78 Å². The summed E-state index contributed by atoms with van der Waals surface area (Å²) < 4.78 is 0. The van der Waals surface area contributed by atoms with Gasteiger partial charge in [0, 0.05) is 22.7 Å². The van der Waals surface area contributed by atoms with E-state index in [1.807, 2.05) is 72.8 Å². The fraction of sp³-hybridized carbons (Fsp3) is 0.0333. The second-order valence-corrected chi connectivity index (χ2v) is 8.74. The van der Waals surface area contributed by atoms with Crippen LogP contribution in [0.1, 0.15) is 27.5 Å². The third kappa shape index (κ3) is 3.05. The minimum Gasteiger partial charge on any atom is -0.341 e. The zero-order valence-corrected chi connectivity index (χ0v) is 18.7. The number of hydrogen-bond donors (Lipinski definition) is 2. The van der Waals surface area contributed by atoms with Crippen molar-refractivity contribution in [2.75, 3.05) is 0 Å². The summed E-state index contributed by atoms with van der Waals surface area (Å²) >= 11 is 0. The molecule has 5 nitrogen and oxygen atoms in total. The third-order valence-corrected chi connectivity index (χ3v) is 6.76. The van der Waals surface area contributed by atoms with E-state index in [1.165, 1.54) is 0 Å². The topological polar surface area (TPSA) is 70.7 Å². The number of rotatable bonds is 3. The molecular weight excluding hydrogens is 432 g/mol. The number of carbonyl (C=O) groups excluding carboxylic acids is 1. The number of imidazole rings is 1. The Morgan fingerprint density at radius 1 is 0.743 bits per heavy atom. The number of aromatic amines is 1. The molecular formula is C30H20N4O. The van der Waals surface area contributed by atoms with Gasteiger partial charge in [0.2, 0.25) is 0 Å². The fourth-order valence-electron chi connectivity index (χ4n) is 5.20. The van der Waals surface area contributed by atoms with Gasteiger partial charge in [0.25, 0.3) is 5.91 Å². The Morgan fingerprint density at radius 3 is 2.46 bits per heavy atom. The van der Waals surface area contributed by atoms with Crippen LogP contribution in [0.5, 0.6) is 0 Å². The Balaban J connectivity index is 1.36. The Morgan fingerprint density at radius 2 is 1.51 bits per heavy atom. The molecule has 0 aliphatic heterocycles. The predicted molar refractivity (Wildman–Crippen MR) is 138 cm³/mol. The second-order valence-electron chi connectivity index (χ2n) is 8.74. The van der Waals surface area contributed by atoms with Gasteiger partial charge in [-0.05, 0) is 52.6 Å². The largest absolute Gasteiger partial charge is 0.341 e. The van der Waals surface area contributed by atoms with Crippen molar-refractivity contribution in [1.82, 2.24) is 20.3 Å². The Hall–Kier alpha value is -4.77. The number of carbonyl (C=O) groups is 1. The number of fused-ring (bicyclic) bond motifs is 5. The van der Waals surface area contributed by atoms with Crippen LogP contribution in [0.3, 0.4) is 0 Å². The maximum absolute atomic E-state index is 13.5. The first-order chi connectivity index (χ1) is 17.3. The van der Waals surface area contributed by atoms with Crippen LogP contribution in [0.4, 0.5) is 0 Å². The summed E-state index contributed by atoms with van der Waals surface area (Å²) in [5.41, 5.74) is 8.75. The second kappa shape index (κ2) is 7.64. The number of benzene rings is 4. The van der Waals surface area contributed by atoms with Gasteiger partial charge in [0.05, 0.1) is 22.6 Å². The number of para-hydroxylation sites is 2. The van der Waals surface area contributed by atoms with E-state index in [2.05, 4.69) is 39.6 Å². The molecule has 4 aromatic carbocycles. The molecule has 5 heteroatoms. The molecule has 0 fully saturated rings. The number of pyridine rings is 1. The standard InChI is InChI=1S/C30H20N4O/c35-30(21-10-6-16-24-18(21)13-7-17-31-24)34-28-20-9-2-1-8-19(20)27-22(28)11-5-12-23(27)29-32-25-14-3-4-15-26(25)33-29/h1-17,28H,(H,32,33)(H,34,35). The molecule has 0 bridgehead atoms. The minimum atomic E-state index is -0.259. The fourth-order valence-corrected chi connectivity index (χ4v) is 5.20. The van der Waals surface area contributed by atoms with E-state index in [1.54, 1.807) is 6.20 Å². The van der Waals surface area contributed by atoms with E-state index < -0.39 is 0 Å². The van der Waals surface area contributed by atoms with Crippen LogP contribution < -0.4 is 5.32 Å². The lowest BCUT2D eigenvalue weighted by Gasteiger charge is -2.17. The predicted octanol–water partition coefficient (Wildman–Crippen LogP) is 6.28. The molecule has 1 atom stereocenters. The van der Waals surface area contributed by atoms with Crippen molar-refractivity contribution in [3.05, 3.63) is 120 Å². The summed E-state index contributed by atoms with van der Waals surface area (Å²) in [6.07, 6.45) is 1.74. The summed E-state index contributed by atoms with van der Waals surface area (Å²) in [7, 11) is 0. The molecule has 2 aromatic heterocycles. The van der Waals surface area contributed by atoms with Crippen molar-refractivity contribution in [1.29, 1.82) is 0 Å². The molecule has 0 spiro atoms. The molecule has 1 aliphatic carbocycles. The highest BCUT2D eigenvalue weighted by Gasteiger charge is 2.32. The number of H-pyrrole nitrogens is 1. The average molecular weight is 453 g/mol. The van der Waals surface area contributed by atoms with Crippen LogP contribution in [0.25, 0.3) is 44.5 Å². The number of hydrogen-bond acceptors (Lipinski definition) is 3. The van der Waals surface area contributed by atoms with Crippen LogP contribution in [-0.4, -0.2) is 20.9 Å². The summed E-state index contributed by atoms with van der Waals surface area (Å²) in [4.78, 5) is 26.3. The summed E-state index contributed by atoms with van der Waals surface area (Å²) in [6.45, 7) is 0. The molecule has 0 saturated heterocycles. The maximum Gasteiger partial charge on any atom is 0.252 e. The van der Waals surface area contributed by atoms with Crippen LogP contribution >= 0.6 is 0 Å². The van der Waals surface area contributed by atoms with Gasteiger partial charge >= 0.3 is 0 Å². The average Bonchev–Trinajstić information content (AvgIpc) is 3.48. The SMILES string of the molecule is O=C(NC1c2ccccc2-c2c(-c3nc4ccccc4[nH]3)cccc21)c1cccc2ncccc12. The first kappa shape index (κ1) is 19.7. The van der Waals surface area contributed by atoms with Crippen molar-refractivity contribution in [3.8, 4) is 22.5 Å². The summed E-state index contributed by atoms with van der Waals surface area (Å²) in [6, 6.07) is 31.7. The molecule has 1 unspecified atom stereocenters. The van der Waals surface area contributed by atoms with Gasteiger partial charge in [-0.15, -0.1) is 0 Å². The van der Waals surface area contributed by atoms with Gasteiger partial charge in [-0.25, -0.2) is 4.98 Å². The van der Waals surface area contributed by atoms with Crippen molar-refractivity contribution in [3.63, 3.8) is 0 Å². The molecule has 2 heterocycles. The number of aromatic nitrogens is 3. The van der Waals surface area contributed by atoms with Gasteiger partial charge in [-0.1, -0.05) is 66.7 Å². The normalized spacial score (nSPS) is 14.1. The molecule has 35 heavy (non-hydrogen) atoms. The minimum absolute atomic E-state index is 0.120. The maximum atomic E-state index is 13.5. The van der Waals surface area contributed by atoms with Crippen LogP contribution in [-0.2, 0) is 0 Å². The van der Waals surface area contributed by atoms with E-state index in [4.69, 9.17) is 4.98 Å².